The molecule has 0 aliphatic carbocycles. The number of halogens is 1. The molecule has 1 N–H and O–H groups in total. The Labute approximate surface area is 114 Å². The lowest BCUT2D eigenvalue weighted by molar-refractivity contribution is -0.0374. The minimum absolute atomic E-state index is 0.193. The van der Waals surface area contributed by atoms with Crippen LogP contribution in [0.1, 0.15) is 32.2 Å². The fourth-order valence-corrected chi connectivity index (χ4v) is 2.60. The Morgan fingerprint density at radius 3 is 2.44 bits per heavy atom. The zero-order chi connectivity index (χ0) is 13.9. The molecular formula is C13H23ClN2O2. The van der Waals surface area contributed by atoms with Gasteiger partial charge in [0.15, 0.2) is 0 Å². The number of aryl methyl sites for hydroxylation is 2. The van der Waals surface area contributed by atoms with Crippen LogP contribution in [-0.4, -0.2) is 34.2 Å². The van der Waals surface area contributed by atoms with Crippen molar-refractivity contribution in [3.05, 3.63) is 16.4 Å². The highest BCUT2D eigenvalue weighted by molar-refractivity contribution is 6.31. The average Bonchev–Trinajstić information content (AvgIpc) is 2.56. The van der Waals surface area contributed by atoms with E-state index in [0.29, 0.717) is 11.4 Å². The molecule has 0 saturated heterocycles. The van der Waals surface area contributed by atoms with Crippen molar-refractivity contribution in [3.63, 3.8) is 0 Å². The van der Waals surface area contributed by atoms with E-state index in [4.69, 9.17) is 16.3 Å². The maximum atomic E-state index is 10.2. The summed E-state index contributed by atoms with van der Waals surface area (Å²) >= 11 is 6.27. The second-order valence-electron chi connectivity index (χ2n) is 4.90. The van der Waals surface area contributed by atoms with Crippen LogP contribution in [0.4, 0.5) is 0 Å². The van der Waals surface area contributed by atoms with Gasteiger partial charge in [0.05, 0.1) is 28.6 Å². The molecule has 2 unspecified atom stereocenters. The first kappa shape index (κ1) is 15.5. The molecule has 0 spiro atoms. The molecular weight excluding hydrogens is 252 g/mol. The van der Waals surface area contributed by atoms with E-state index in [-0.39, 0.29) is 12.0 Å². The normalized spacial score (nSPS) is 15.1. The number of aliphatic hydroxyl groups is 1. The van der Waals surface area contributed by atoms with Gasteiger partial charge >= 0.3 is 0 Å². The summed E-state index contributed by atoms with van der Waals surface area (Å²) in [6, 6.07) is 0. The van der Waals surface area contributed by atoms with Gasteiger partial charge in [-0.25, -0.2) is 0 Å². The third-order valence-electron chi connectivity index (χ3n) is 3.21. The predicted molar refractivity (Wildman–Crippen MR) is 72.9 cm³/mol. The van der Waals surface area contributed by atoms with Gasteiger partial charge in [0.25, 0.3) is 0 Å². The zero-order valence-corrected chi connectivity index (χ0v) is 12.5. The van der Waals surface area contributed by atoms with E-state index in [1.807, 2.05) is 27.8 Å². The number of nitrogens with zero attached hydrogens (tertiary/aromatic N) is 2. The van der Waals surface area contributed by atoms with Crippen LogP contribution in [0.5, 0.6) is 0 Å². The van der Waals surface area contributed by atoms with Gasteiger partial charge in [0.2, 0.25) is 0 Å². The first-order valence-corrected chi connectivity index (χ1v) is 6.71. The average molecular weight is 275 g/mol. The molecule has 0 aliphatic rings. The van der Waals surface area contributed by atoms with E-state index in [0.717, 1.165) is 17.8 Å². The minimum atomic E-state index is -0.576. The maximum absolute atomic E-state index is 10.2. The lowest BCUT2D eigenvalue weighted by Gasteiger charge is -2.25. The summed E-state index contributed by atoms with van der Waals surface area (Å²) in [6.45, 7) is 6.07. The van der Waals surface area contributed by atoms with Crippen LogP contribution in [0, 0.1) is 5.92 Å². The second kappa shape index (κ2) is 6.55. The molecule has 5 heteroatoms. The molecule has 4 nitrogen and oxygen atoms in total. The van der Waals surface area contributed by atoms with E-state index in [9.17, 15) is 5.11 Å². The van der Waals surface area contributed by atoms with Gasteiger partial charge < -0.3 is 9.84 Å². The van der Waals surface area contributed by atoms with Crippen molar-refractivity contribution in [2.75, 3.05) is 7.11 Å². The summed E-state index contributed by atoms with van der Waals surface area (Å²) in [5.74, 6) is 0.252. The molecule has 1 heterocycles. The number of aliphatic hydroxyl groups excluding tert-OH is 1. The minimum Gasteiger partial charge on any atom is -0.390 e. The smallest absolute Gasteiger partial charge is 0.0859 e. The Bertz CT molecular complexity index is 391. The summed E-state index contributed by atoms with van der Waals surface area (Å²) < 4.78 is 7.08. The van der Waals surface area contributed by atoms with Gasteiger partial charge in [0.1, 0.15) is 0 Å². The molecule has 0 radical (unpaired) electrons. The predicted octanol–water partition coefficient (Wildman–Crippen LogP) is 2.21. The topological polar surface area (TPSA) is 47.3 Å². The third kappa shape index (κ3) is 3.25. The highest BCUT2D eigenvalue weighted by Crippen LogP contribution is 2.24. The molecule has 1 rings (SSSR count). The van der Waals surface area contributed by atoms with Gasteiger partial charge in [-0.05, 0) is 12.3 Å². The summed E-state index contributed by atoms with van der Waals surface area (Å²) in [6.07, 6.45) is 0.480. The first-order chi connectivity index (χ1) is 8.42. The van der Waals surface area contributed by atoms with Gasteiger partial charge in [-0.2, -0.15) is 5.10 Å². The Hall–Kier alpha value is -0.580. The summed E-state index contributed by atoms with van der Waals surface area (Å²) in [5.41, 5.74) is 1.74. The molecule has 1 aromatic rings. The van der Waals surface area contributed by atoms with Crippen molar-refractivity contribution in [1.29, 1.82) is 0 Å². The Kier molecular flexibility index (Phi) is 5.63. The number of hydrogen-bond acceptors (Lipinski definition) is 3. The number of hydrogen-bond donors (Lipinski definition) is 1. The van der Waals surface area contributed by atoms with Crippen molar-refractivity contribution in [1.82, 2.24) is 9.78 Å². The lowest BCUT2D eigenvalue weighted by Crippen LogP contribution is -2.35. The van der Waals surface area contributed by atoms with Crippen LogP contribution in [0.2, 0.25) is 5.02 Å². The van der Waals surface area contributed by atoms with Crippen LogP contribution < -0.4 is 0 Å². The molecule has 0 amide bonds. The Morgan fingerprint density at radius 1 is 1.44 bits per heavy atom. The molecule has 2 atom stereocenters. The van der Waals surface area contributed by atoms with Gasteiger partial charge in [-0.15, -0.1) is 0 Å². The zero-order valence-electron chi connectivity index (χ0n) is 11.8. The molecule has 0 aliphatic heterocycles. The first-order valence-electron chi connectivity index (χ1n) is 6.33. The van der Waals surface area contributed by atoms with E-state index in [1.165, 1.54) is 0 Å². The molecule has 0 fully saturated rings. The molecule has 0 bridgehead atoms. The van der Waals surface area contributed by atoms with Gasteiger partial charge in [0, 0.05) is 20.6 Å². The van der Waals surface area contributed by atoms with E-state index >= 15 is 0 Å². The van der Waals surface area contributed by atoms with Crippen molar-refractivity contribution in [2.24, 2.45) is 13.0 Å². The quantitative estimate of drug-likeness (QED) is 0.865. The summed E-state index contributed by atoms with van der Waals surface area (Å²) in [5, 5.41) is 15.2. The van der Waals surface area contributed by atoms with Crippen LogP contribution in [0.25, 0.3) is 0 Å². The molecule has 1 aromatic heterocycles. The molecule has 0 saturated carbocycles. The summed E-state index contributed by atoms with van der Waals surface area (Å²) in [4.78, 5) is 0. The summed E-state index contributed by atoms with van der Waals surface area (Å²) in [7, 11) is 3.47. The van der Waals surface area contributed by atoms with Crippen LogP contribution >= 0.6 is 11.6 Å². The van der Waals surface area contributed by atoms with Crippen molar-refractivity contribution < 1.29 is 9.84 Å². The van der Waals surface area contributed by atoms with E-state index < -0.39 is 6.10 Å². The molecule has 104 valence electrons. The van der Waals surface area contributed by atoms with Crippen LogP contribution in [-0.2, 0) is 24.6 Å². The molecule has 0 aromatic carbocycles. The fraction of sp³-hybridized carbons (Fsp3) is 0.769. The monoisotopic (exact) mass is 274 g/mol. The lowest BCUT2D eigenvalue weighted by atomic mass is 9.98. The standard InChI is InChI=1S/C13H23ClN2O2/c1-6-9-12(14)10(16(4)15-9)7-11(17)13(18-5)8(2)3/h8,11,13,17H,6-7H2,1-5H3. The number of methoxy groups -OCH3 is 1. The Balaban J connectivity index is 2.87. The SMILES string of the molecule is CCc1nn(C)c(CC(O)C(OC)C(C)C)c1Cl. The fourth-order valence-electron chi connectivity index (χ4n) is 2.23. The van der Waals surface area contributed by atoms with E-state index in [1.54, 1.807) is 11.8 Å². The number of ether oxygens (including phenoxy) is 1. The number of aromatic nitrogens is 2. The van der Waals surface area contributed by atoms with Crippen molar-refractivity contribution in [2.45, 2.75) is 45.8 Å². The van der Waals surface area contributed by atoms with Crippen LogP contribution in [0.3, 0.4) is 0 Å². The Morgan fingerprint density at radius 2 is 2.06 bits per heavy atom. The highest BCUT2D eigenvalue weighted by atomic mass is 35.5. The highest BCUT2D eigenvalue weighted by Gasteiger charge is 2.25. The maximum Gasteiger partial charge on any atom is 0.0859 e. The van der Waals surface area contributed by atoms with Gasteiger partial charge in [-0.1, -0.05) is 32.4 Å². The van der Waals surface area contributed by atoms with E-state index in [2.05, 4.69) is 5.10 Å². The third-order valence-corrected chi connectivity index (χ3v) is 3.65. The van der Waals surface area contributed by atoms with Gasteiger partial charge in [-0.3, -0.25) is 4.68 Å². The van der Waals surface area contributed by atoms with Crippen molar-refractivity contribution in [3.8, 4) is 0 Å². The van der Waals surface area contributed by atoms with Crippen LogP contribution in [0.15, 0.2) is 0 Å². The largest absolute Gasteiger partial charge is 0.390 e. The van der Waals surface area contributed by atoms with Crippen molar-refractivity contribution >= 4 is 11.6 Å². The second-order valence-corrected chi connectivity index (χ2v) is 5.28. The molecule has 18 heavy (non-hydrogen) atoms. The number of rotatable bonds is 6.